The van der Waals surface area contributed by atoms with Crippen LogP contribution in [0.1, 0.15) is 24.5 Å². The molecule has 2 aromatic carbocycles. The van der Waals surface area contributed by atoms with Gasteiger partial charge >= 0.3 is 0 Å². The van der Waals surface area contributed by atoms with Gasteiger partial charge < -0.3 is 20.1 Å². The maximum atomic E-state index is 13.1. The predicted molar refractivity (Wildman–Crippen MR) is 104 cm³/mol. The van der Waals surface area contributed by atoms with Crippen LogP contribution in [0.3, 0.4) is 0 Å². The van der Waals surface area contributed by atoms with E-state index in [-0.39, 0.29) is 12.4 Å². The first kappa shape index (κ1) is 20.5. The van der Waals surface area contributed by atoms with Gasteiger partial charge in [-0.3, -0.25) is 0 Å². The van der Waals surface area contributed by atoms with Crippen molar-refractivity contribution in [2.45, 2.75) is 26.5 Å². The first-order valence-corrected chi connectivity index (χ1v) is 9.19. The van der Waals surface area contributed by atoms with Crippen molar-refractivity contribution in [3.8, 4) is 11.5 Å². The molecule has 0 radical (unpaired) electrons. The van der Waals surface area contributed by atoms with Crippen LogP contribution in [0, 0.1) is 5.82 Å². The second kappa shape index (κ2) is 11.0. The lowest BCUT2D eigenvalue weighted by molar-refractivity contribution is 0.269. The minimum Gasteiger partial charge on any atom is -0.490 e. The third-order valence-corrected chi connectivity index (χ3v) is 4.17. The molecule has 0 heterocycles. The van der Waals surface area contributed by atoms with Crippen molar-refractivity contribution < 1.29 is 13.9 Å². The summed E-state index contributed by atoms with van der Waals surface area (Å²) in [5.74, 6) is 0.978. The summed E-state index contributed by atoms with van der Waals surface area (Å²) in [4.78, 5) is 0. The van der Waals surface area contributed by atoms with Gasteiger partial charge in [0.25, 0.3) is 0 Å². The SMILES string of the molecule is CCOc1cc(CNCCCNC)ccc1OCc1ccc(F)cc1Cl. The van der Waals surface area contributed by atoms with Gasteiger partial charge in [0.15, 0.2) is 11.5 Å². The molecule has 0 fully saturated rings. The molecule has 0 bridgehead atoms. The number of nitrogens with one attached hydrogen (secondary N) is 2. The highest BCUT2D eigenvalue weighted by Gasteiger charge is 2.09. The Kier molecular flexibility index (Phi) is 8.68. The summed E-state index contributed by atoms with van der Waals surface area (Å²) in [5, 5.41) is 6.89. The van der Waals surface area contributed by atoms with Gasteiger partial charge in [-0.2, -0.15) is 0 Å². The summed E-state index contributed by atoms with van der Waals surface area (Å²) in [6.07, 6.45) is 1.08. The Hall–Kier alpha value is -1.82. The van der Waals surface area contributed by atoms with Crippen LogP contribution in [0.4, 0.5) is 4.39 Å². The molecule has 0 saturated carbocycles. The normalized spacial score (nSPS) is 10.8. The summed E-state index contributed by atoms with van der Waals surface area (Å²) < 4.78 is 24.7. The van der Waals surface area contributed by atoms with E-state index in [1.807, 2.05) is 32.2 Å². The molecule has 0 atom stereocenters. The van der Waals surface area contributed by atoms with Crippen LogP contribution in [0.5, 0.6) is 11.5 Å². The van der Waals surface area contributed by atoms with Crippen LogP contribution in [0.15, 0.2) is 36.4 Å². The highest BCUT2D eigenvalue weighted by atomic mass is 35.5. The fraction of sp³-hybridized carbons (Fsp3) is 0.400. The Balaban J connectivity index is 1.98. The number of benzene rings is 2. The average Bonchev–Trinajstić information content (AvgIpc) is 2.62. The van der Waals surface area contributed by atoms with Gasteiger partial charge in [0, 0.05) is 12.1 Å². The lowest BCUT2D eigenvalue weighted by Gasteiger charge is -2.14. The van der Waals surface area contributed by atoms with E-state index in [1.54, 1.807) is 6.07 Å². The summed E-state index contributed by atoms with van der Waals surface area (Å²) in [5.41, 5.74) is 1.86. The van der Waals surface area contributed by atoms with E-state index in [1.165, 1.54) is 12.1 Å². The zero-order chi connectivity index (χ0) is 18.8. The molecule has 2 N–H and O–H groups in total. The van der Waals surface area contributed by atoms with Crippen molar-refractivity contribution in [3.05, 3.63) is 58.4 Å². The Morgan fingerprint density at radius 2 is 1.88 bits per heavy atom. The topological polar surface area (TPSA) is 42.5 Å². The third-order valence-electron chi connectivity index (χ3n) is 3.82. The van der Waals surface area contributed by atoms with Gasteiger partial charge in [-0.25, -0.2) is 4.39 Å². The first-order valence-electron chi connectivity index (χ1n) is 8.81. The Morgan fingerprint density at radius 1 is 1.04 bits per heavy atom. The Labute approximate surface area is 159 Å². The van der Waals surface area contributed by atoms with Gasteiger partial charge in [0.2, 0.25) is 0 Å². The average molecular weight is 381 g/mol. The fourth-order valence-electron chi connectivity index (χ4n) is 2.47. The minimum atomic E-state index is -0.361. The number of halogens is 2. The molecular weight excluding hydrogens is 355 g/mol. The molecule has 2 aromatic rings. The lowest BCUT2D eigenvalue weighted by Crippen LogP contribution is -2.19. The summed E-state index contributed by atoms with van der Waals surface area (Å²) >= 11 is 6.05. The van der Waals surface area contributed by atoms with E-state index in [0.29, 0.717) is 23.1 Å². The van der Waals surface area contributed by atoms with Crippen LogP contribution < -0.4 is 20.1 Å². The quantitative estimate of drug-likeness (QED) is 0.574. The highest BCUT2D eigenvalue weighted by Crippen LogP contribution is 2.30. The fourth-order valence-corrected chi connectivity index (χ4v) is 2.69. The molecule has 0 aliphatic rings. The molecule has 142 valence electrons. The van der Waals surface area contributed by atoms with Crippen LogP contribution in [-0.2, 0) is 13.2 Å². The van der Waals surface area contributed by atoms with Crippen LogP contribution in [0.25, 0.3) is 0 Å². The van der Waals surface area contributed by atoms with Crippen LogP contribution in [-0.4, -0.2) is 26.7 Å². The van der Waals surface area contributed by atoms with E-state index in [0.717, 1.165) is 37.2 Å². The Bertz CT molecular complexity index is 698. The molecule has 26 heavy (non-hydrogen) atoms. The highest BCUT2D eigenvalue weighted by molar-refractivity contribution is 6.31. The van der Waals surface area contributed by atoms with E-state index in [2.05, 4.69) is 10.6 Å². The molecule has 0 spiro atoms. The predicted octanol–water partition coefficient (Wildman–Crippen LogP) is 4.16. The van der Waals surface area contributed by atoms with Gasteiger partial charge in [0.1, 0.15) is 12.4 Å². The largest absolute Gasteiger partial charge is 0.490 e. The molecule has 0 unspecified atom stereocenters. The third kappa shape index (κ3) is 6.48. The van der Waals surface area contributed by atoms with E-state index in [9.17, 15) is 4.39 Å². The second-order valence-corrected chi connectivity index (χ2v) is 6.28. The molecule has 2 rings (SSSR count). The van der Waals surface area contributed by atoms with Gasteiger partial charge in [-0.15, -0.1) is 0 Å². The monoisotopic (exact) mass is 380 g/mol. The van der Waals surface area contributed by atoms with Crippen LogP contribution in [0.2, 0.25) is 5.02 Å². The smallest absolute Gasteiger partial charge is 0.161 e. The molecule has 0 aliphatic heterocycles. The van der Waals surface area contributed by atoms with Crippen LogP contribution >= 0.6 is 11.6 Å². The van der Waals surface area contributed by atoms with Gasteiger partial charge in [-0.1, -0.05) is 23.7 Å². The van der Waals surface area contributed by atoms with Crippen molar-refractivity contribution in [2.75, 3.05) is 26.7 Å². The van der Waals surface area contributed by atoms with Crippen molar-refractivity contribution in [3.63, 3.8) is 0 Å². The first-order chi connectivity index (χ1) is 12.6. The van der Waals surface area contributed by atoms with Crippen molar-refractivity contribution in [1.29, 1.82) is 0 Å². The molecule has 0 saturated heterocycles. The second-order valence-electron chi connectivity index (χ2n) is 5.87. The number of hydrogen-bond acceptors (Lipinski definition) is 4. The molecule has 0 aromatic heterocycles. The summed E-state index contributed by atoms with van der Waals surface area (Å²) in [6, 6.07) is 10.2. The minimum absolute atomic E-state index is 0.251. The molecule has 4 nitrogen and oxygen atoms in total. The molecule has 6 heteroatoms. The van der Waals surface area contributed by atoms with Crippen molar-refractivity contribution in [1.82, 2.24) is 10.6 Å². The summed E-state index contributed by atoms with van der Waals surface area (Å²) in [6.45, 7) is 5.45. The maximum Gasteiger partial charge on any atom is 0.161 e. The molecule has 0 amide bonds. The molecular formula is C20H26ClFN2O2. The number of ether oxygens (including phenoxy) is 2. The molecule has 0 aliphatic carbocycles. The zero-order valence-corrected chi connectivity index (χ0v) is 16.0. The number of hydrogen-bond donors (Lipinski definition) is 2. The van der Waals surface area contributed by atoms with E-state index >= 15 is 0 Å². The van der Waals surface area contributed by atoms with E-state index in [4.69, 9.17) is 21.1 Å². The maximum absolute atomic E-state index is 13.1. The summed E-state index contributed by atoms with van der Waals surface area (Å²) in [7, 11) is 1.95. The Morgan fingerprint density at radius 3 is 2.62 bits per heavy atom. The lowest BCUT2D eigenvalue weighted by atomic mass is 10.2. The van der Waals surface area contributed by atoms with Crippen molar-refractivity contribution in [2.24, 2.45) is 0 Å². The zero-order valence-electron chi connectivity index (χ0n) is 15.3. The standard InChI is InChI=1S/C20H26ClFN2O2/c1-3-25-20-11-15(13-24-10-4-9-23-2)5-8-19(20)26-14-16-6-7-17(22)12-18(16)21/h5-8,11-12,23-24H,3-4,9-10,13-14H2,1-2H3. The van der Waals surface area contributed by atoms with Gasteiger partial charge in [0.05, 0.1) is 11.6 Å². The van der Waals surface area contributed by atoms with E-state index < -0.39 is 0 Å². The van der Waals surface area contributed by atoms with Gasteiger partial charge in [-0.05, 0) is 63.3 Å². The van der Waals surface area contributed by atoms with Crippen molar-refractivity contribution >= 4 is 11.6 Å². The number of rotatable bonds is 11.